The normalized spacial score (nSPS) is 10.6. The second kappa shape index (κ2) is 8.27. The molecular weight excluding hydrogens is 408 g/mol. The fourth-order valence-electron chi connectivity index (χ4n) is 2.61. The van der Waals surface area contributed by atoms with Crippen LogP contribution in [0.4, 0.5) is 28.9 Å². The molecule has 0 saturated heterocycles. The predicted octanol–water partition coefficient (Wildman–Crippen LogP) is 4.66. The lowest BCUT2D eigenvalue weighted by atomic mass is 10.1. The summed E-state index contributed by atoms with van der Waals surface area (Å²) in [6, 6.07) is 7.28. The maximum Gasteiger partial charge on any atom is 0.291 e. The molecule has 1 aromatic heterocycles. The molecule has 0 spiro atoms. The van der Waals surface area contributed by atoms with Crippen molar-refractivity contribution in [3.63, 3.8) is 0 Å². The number of aryl methyl sites for hydroxylation is 1. The fourth-order valence-corrected chi connectivity index (χ4v) is 2.61. The zero-order valence-corrected chi connectivity index (χ0v) is 15.6. The summed E-state index contributed by atoms with van der Waals surface area (Å²) in [5.41, 5.74) is -0.720. The molecule has 3 rings (SSSR count). The Morgan fingerprint density at radius 3 is 2.17 bits per heavy atom. The van der Waals surface area contributed by atoms with E-state index in [2.05, 4.69) is 15.4 Å². The van der Waals surface area contributed by atoms with Crippen molar-refractivity contribution in [2.75, 3.05) is 17.7 Å². The molecule has 0 fully saturated rings. The van der Waals surface area contributed by atoms with Gasteiger partial charge in [0.2, 0.25) is 11.6 Å². The molecule has 2 N–H and O–H groups in total. The van der Waals surface area contributed by atoms with Crippen LogP contribution in [0.5, 0.6) is 5.75 Å². The Morgan fingerprint density at radius 2 is 1.60 bits per heavy atom. The number of carbonyl (C=O) groups excluding carboxylic acids is 2. The molecule has 0 radical (unpaired) electrons. The summed E-state index contributed by atoms with van der Waals surface area (Å²) < 4.78 is 65.3. The third-order valence-corrected chi connectivity index (χ3v) is 4.14. The monoisotopic (exact) mass is 422 g/mol. The summed E-state index contributed by atoms with van der Waals surface area (Å²) in [4.78, 5) is 24.4. The summed E-state index contributed by atoms with van der Waals surface area (Å²) in [6.45, 7) is 1.57. The summed E-state index contributed by atoms with van der Waals surface area (Å²) >= 11 is 0. The largest absolute Gasteiger partial charge is 0.491 e. The van der Waals surface area contributed by atoms with Gasteiger partial charge in [0.25, 0.3) is 11.8 Å². The van der Waals surface area contributed by atoms with Crippen molar-refractivity contribution in [3.05, 3.63) is 76.8 Å². The van der Waals surface area contributed by atoms with Crippen molar-refractivity contribution in [3.8, 4) is 5.75 Å². The Morgan fingerprint density at radius 1 is 0.933 bits per heavy atom. The van der Waals surface area contributed by atoms with E-state index in [1.165, 1.54) is 36.6 Å². The number of benzene rings is 2. The minimum atomic E-state index is -1.90. The maximum atomic E-state index is 14.2. The first-order chi connectivity index (χ1) is 14.2. The first-order valence-electron chi connectivity index (χ1n) is 8.41. The molecule has 0 atom stereocenters. The third kappa shape index (κ3) is 3.84. The topological polar surface area (TPSA) is 80.6 Å². The van der Waals surface area contributed by atoms with E-state index in [9.17, 15) is 27.2 Å². The van der Waals surface area contributed by atoms with Crippen LogP contribution in [0, 0.1) is 30.2 Å². The lowest BCUT2D eigenvalue weighted by Crippen LogP contribution is -2.19. The number of anilines is 2. The van der Waals surface area contributed by atoms with Crippen molar-refractivity contribution in [1.29, 1.82) is 0 Å². The summed E-state index contributed by atoms with van der Waals surface area (Å²) in [6.07, 6.45) is 1.31. The first kappa shape index (κ1) is 20.9. The van der Waals surface area contributed by atoms with Gasteiger partial charge in [-0.2, -0.15) is 8.78 Å². The third-order valence-electron chi connectivity index (χ3n) is 4.14. The van der Waals surface area contributed by atoms with E-state index in [-0.39, 0.29) is 17.1 Å². The first-order valence-corrected chi connectivity index (χ1v) is 8.41. The second-order valence-electron chi connectivity index (χ2n) is 6.08. The zero-order valence-electron chi connectivity index (χ0n) is 15.6. The van der Waals surface area contributed by atoms with Gasteiger partial charge in [0, 0.05) is 11.4 Å². The number of rotatable bonds is 5. The summed E-state index contributed by atoms with van der Waals surface area (Å²) in [7, 11) is 0.825. The number of hydrogen-bond donors (Lipinski definition) is 2. The van der Waals surface area contributed by atoms with Gasteiger partial charge in [0.15, 0.2) is 23.1 Å². The van der Waals surface area contributed by atoms with Gasteiger partial charge in [-0.1, -0.05) is 6.07 Å². The molecule has 0 unspecified atom stereocenters. The van der Waals surface area contributed by atoms with Crippen LogP contribution < -0.4 is 15.4 Å². The van der Waals surface area contributed by atoms with Gasteiger partial charge >= 0.3 is 0 Å². The summed E-state index contributed by atoms with van der Waals surface area (Å²) in [5.74, 6) is -10.7. The number of nitrogens with one attached hydrogen (secondary N) is 2. The lowest BCUT2D eigenvalue weighted by molar-refractivity contribution is 0.0994. The van der Waals surface area contributed by atoms with Gasteiger partial charge in [0.05, 0.1) is 13.4 Å². The minimum absolute atomic E-state index is 0.0366. The van der Waals surface area contributed by atoms with Crippen LogP contribution in [-0.4, -0.2) is 18.9 Å². The fraction of sp³-hybridized carbons (Fsp3) is 0.100. The number of amides is 2. The van der Waals surface area contributed by atoms with E-state index < -0.39 is 46.4 Å². The highest BCUT2D eigenvalue weighted by atomic mass is 19.2. The molecule has 1 heterocycles. The Balaban J connectivity index is 1.90. The predicted molar refractivity (Wildman–Crippen MR) is 98.6 cm³/mol. The van der Waals surface area contributed by atoms with E-state index in [1.807, 2.05) is 0 Å². The van der Waals surface area contributed by atoms with Crippen LogP contribution in [0.15, 0.2) is 41.0 Å². The molecule has 3 aromatic rings. The molecule has 6 nitrogen and oxygen atoms in total. The zero-order chi connectivity index (χ0) is 22.0. The number of carbonyl (C=O) groups is 2. The standard InChI is InChI=1S/C20H14F4N2O4/c1-9-5-6-10(25-19(27)12-4-3-7-30-12)8-11(9)26-20(28)13-14(21)16(23)18(29-2)17(24)15(13)22/h3-8H,1-2H3,(H,25,27)(H,26,28). The Hall–Kier alpha value is -3.82. The van der Waals surface area contributed by atoms with E-state index in [4.69, 9.17) is 4.42 Å². The van der Waals surface area contributed by atoms with Crippen LogP contribution in [0.1, 0.15) is 26.5 Å². The van der Waals surface area contributed by atoms with E-state index in [0.717, 1.165) is 7.11 Å². The van der Waals surface area contributed by atoms with Gasteiger partial charge < -0.3 is 19.8 Å². The van der Waals surface area contributed by atoms with E-state index in [1.54, 1.807) is 6.92 Å². The molecule has 156 valence electrons. The van der Waals surface area contributed by atoms with Gasteiger partial charge in [-0.15, -0.1) is 0 Å². The SMILES string of the molecule is COc1c(F)c(F)c(C(=O)Nc2cc(NC(=O)c3ccco3)ccc2C)c(F)c1F. The average molecular weight is 422 g/mol. The van der Waals surface area contributed by atoms with Crippen LogP contribution in [0.25, 0.3) is 0 Å². The molecule has 2 aromatic carbocycles. The highest BCUT2D eigenvalue weighted by Crippen LogP contribution is 2.31. The van der Waals surface area contributed by atoms with E-state index >= 15 is 0 Å². The van der Waals surface area contributed by atoms with Crippen molar-refractivity contribution in [1.82, 2.24) is 0 Å². The van der Waals surface area contributed by atoms with Crippen molar-refractivity contribution >= 4 is 23.2 Å². The van der Waals surface area contributed by atoms with Crippen LogP contribution in [0.3, 0.4) is 0 Å². The number of halogens is 4. The molecule has 0 aliphatic rings. The van der Waals surface area contributed by atoms with Gasteiger partial charge in [-0.05, 0) is 36.8 Å². The molecule has 10 heteroatoms. The molecule has 2 amide bonds. The minimum Gasteiger partial charge on any atom is -0.491 e. The second-order valence-corrected chi connectivity index (χ2v) is 6.08. The average Bonchev–Trinajstić information content (AvgIpc) is 3.25. The molecule has 30 heavy (non-hydrogen) atoms. The summed E-state index contributed by atoms with van der Waals surface area (Å²) in [5, 5.41) is 4.69. The molecular formula is C20H14F4N2O4. The number of methoxy groups -OCH3 is 1. The van der Waals surface area contributed by atoms with Gasteiger partial charge in [-0.25, -0.2) is 8.78 Å². The number of ether oxygens (including phenoxy) is 1. The number of furan rings is 1. The molecule has 0 aliphatic carbocycles. The van der Waals surface area contributed by atoms with Crippen molar-refractivity contribution in [2.24, 2.45) is 0 Å². The lowest BCUT2D eigenvalue weighted by Gasteiger charge is -2.13. The Kier molecular flexibility index (Phi) is 5.77. The van der Waals surface area contributed by atoms with Crippen LogP contribution in [-0.2, 0) is 0 Å². The molecule has 0 aliphatic heterocycles. The maximum absolute atomic E-state index is 14.2. The quantitative estimate of drug-likeness (QED) is 0.463. The van der Waals surface area contributed by atoms with Gasteiger partial charge in [-0.3, -0.25) is 9.59 Å². The molecule has 0 bridgehead atoms. The van der Waals surface area contributed by atoms with Crippen LogP contribution in [0.2, 0.25) is 0 Å². The van der Waals surface area contributed by atoms with Crippen molar-refractivity contribution < 1.29 is 36.3 Å². The van der Waals surface area contributed by atoms with Gasteiger partial charge in [0.1, 0.15) is 5.56 Å². The van der Waals surface area contributed by atoms with Crippen LogP contribution >= 0.6 is 0 Å². The molecule has 0 saturated carbocycles. The highest BCUT2D eigenvalue weighted by Gasteiger charge is 2.30. The Labute approximate surface area is 167 Å². The van der Waals surface area contributed by atoms with Crippen molar-refractivity contribution in [2.45, 2.75) is 6.92 Å². The highest BCUT2D eigenvalue weighted by molar-refractivity contribution is 6.06. The number of hydrogen-bond acceptors (Lipinski definition) is 4. The smallest absolute Gasteiger partial charge is 0.291 e. The Bertz CT molecular complexity index is 1100. The van der Waals surface area contributed by atoms with E-state index in [0.29, 0.717) is 5.56 Å².